The van der Waals surface area contributed by atoms with Gasteiger partial charge in [0.1, 0.15) is 5.69 Å². The van der Waals surface area contributed by atoms with Crippen molar-refractivity contribution in [1.82, 2.24) is 9.88 Å². The van der Waals surface area contributed by atoms with E-state index in [9.17, 15) is 4.79 Å². The van der Waals surface area contributed by atoms with E-state index >= 15 is 0 Å². The third-order valence-corrected chi connectivity index (χ3v) is 4.37. The van der Waals surface area contributed by atoms with Crippen molar-refractivity contribution in [2.45, 2.75) is 37.8 Å². The molecule has 0 radical (unpaired) electrons. The molecule has 1 amide bonds. The molecule has 0 N–H and O–H groups in total. The van der Waals surface area contributed by atoms with Crippen LogP contribution in [0.3, 0.4) is 0 Å². The zero-order valence-corrected chi connectivity index (χ0v) is 12.3. The Labute approximate surface area is 121 Å². The van der Waals surface area contributed by atoms with Gasteiger partial charge in [-0.2, -0.15) is 0 Å². The largest absolute Gasteiger partial charge is 0.376 e. The van der Waals surface area contributed by atoms with Crippen molar-refractivity contribution < 1.29 is 9.53 Å². The number of pyridine rings is 1. The van der Waals surface area contributed by atoms with Crippen LogP contribution < -0.4 is 0 Å². The van der Waals surface area contributed by atoms with Crippen LogP contribution in [-0.4, -0.2) is 41.1 Å². The lowest BCUT2D eigenvalue weighted by Crippen LogP contribution is -2.42. The molecule has 2 saturated heterocycles. The number of hydrogen-bond acceptors (Lipinski definition) is 3. The Morgan fingerprint density at radius 2 is 2.26 bits per heavy atom. The summed E-state index contributed by atoms with van der Waals surface area (Å²) in [5, 5.41) is 0. The monoisotopic (exact) mass is 324 g/mol. The molecule has 0 spiro atoms. The van der Waals surface area contributed by atoms with Gasteiger partial charge in [-0.15, -0.1) is 0 Å². The maximum Gasteiger partial charge on any atom is 0.272 e. The van der Waals surface area contributed by atoms with Crippen LogP contribution in [0.15, 0.2) is 22.8 Å². The predicted molar refractivity (Wildman–Crippen MR) is 75.0 cm³/mol. The third-order valence-electron chi connectivity index (χ3n) is 3.90. The van der Waals surface area contributed by atoms with E-state index < -0.39 is 0 Å². The van der Waals surface area contributed by atoms with E-state index in [1.165, 1.54) is 0 Å². The first-order valence-corrected chi connectivity index (χ1v) is 7.59. The van der Waals surface area contributed by atoms with Crippen LogP contribution in [0.5, 0.6) is 0 Å². The summed E-state index contributed by atoms with van der Waals surface area (Å²) in [6.45, 7) is 1.65. The number of nitrogens with zero attached hydrogens (tertiary/aromatic N) is 2. The molecule has 0 unspecified atom stereocenters. The highest BCUT2D eigenvalue weighted by Gasteiger charge is 2.37. The minimum atomic E-state index is 0.0329. The Kier molecular flexibility index (Phi) is 3.84. The van der Waals surface area contributed by atoms with Gasteiger partial charge in [0.15, 0.2) is 0 Å². The number of carbonyl (C=O) groups excluding carboxylic acids is 1. The van der Waals surface area contributed by atoms with Gasteiger partial charge in [-0.1, -0.05) is 0 Å². The lowest BCUT2D eigenvalue weighted by molar-refractivity contribution is 0.0337. The molecule has 5 heteroatoms. The van der Waals surface area contributed by atoms with E-state index in [4.69, 9.17) is 4.74 Å². The molecule has 102 valence electrons. The van der Waals surface area contributed by atoms with E-state index in [-0.39, 0.29) is 18.1 Å². The van der Waals surface area contributed by atoms with Crippen molar-refractivity contribution in [2.75, 3.05) is 13.2 Å². The molecule has 3 rings (SSSR count). The normalized spacial score (nSPS) is 26.9. The number of halogens is 1. The van der Waals surface area contributed by atoms with Gasteiger partial charge < -0.3 is 9.64 Å². The Balaban J connectivity index is 1.76. The number of amides is 1. The molecule has 1 aromatic heterocycles. The number of carbonyl (C=O) groups is 1. The van der Waals surface area contributed by atoms with Gasteiger partial charge in [0.05, 0.1) is 12.1 Å². The first-order chi connectivity index (χ1) is 9.25. The minimum absolute atomic E-state index is 0.0329. The molecule has 2 fully saturated rings. The van der Waals surface area contributed by atoms with Crippen LogP contribution in [0.1, 0.15) is 36.2 Å². The lowest BCUT2D eigenvalue weighted by atomic mass is 10.1. The molecule has 3 heterocycles. The van der Waals surface area contributed by atoms with Crippen molar-refractivity contribution in [1.29, 1.82) is 0 Å². The topological polar surface area (TPSA) is 42.4 Å². The first kappa shape index (κ1) is 13.1. The van der Waals surface area contributed by atoms with E-state index in [2.05, 4.69) is 20.9 Å². The van der Waals surface area contributed by atoms with Crippen molar-refractivity contribution >= 4 is 21.8 Å². The van der Waals surface area contributed by atoms with Crippen LogP contribution in [0.25, 0.3) is 0 Å². The van der Waals surface area contributed by atoms with E-state index in [0.29, 0.717) is 5.69 Å². The first-order valence-electron chi connectivity index (χ1n) is 6.80. The maximum absolute atomic E-state index is 12.5. The number of ether oxygens (including phenoxy) is 1. The number of rotatable bonds is 2. The SMILES string of the molecule is O=C(c1ccc(Br)cn1)N1CCC[C@@H]1[C@@H]1CCCO1. The molecule has 2 aliphatic heterocycles. The van der Waals surface area contributed by atoms with Gasteiger partial charge >= 0.3 is 0 Å². The van der Waals surface area contributed by atoms with Gasteiger partial charge in [0.2, 0.25) is 0 Å². The third kappa shape index (κ3) is 2.67. The second-order valence-electron chi connectivity index (χ2n) is 5.12. The van der Waals surface area contributed by atoms with Crippen LogP contribution >= 0.6 is 15.9 Å². The van der Waals surface area contributed by atoms with Crippen molar-refractivity contribution in [3.8, 4) is 0 Å². The average molecular weight is 325 g/mol. The maximum atomic E-state index is 12.5. The second kappa shape index (κ2) is 5.59. The standard InChI is InChI=1S/C14H17BrN2O2/c15-10-5-6-11(16-9-10)14(18)17-7-1-3-12(17)13-4-2-8-19-13/h5-6,9,12-13H,1-4,7-8H2/t12-,13+/m1/s1. The molecule has 2 aliphatic rings. The van der Waals surface area contributed by atoms with E-state index in [0.717, 1.165) is 43.3 Å². The molecule has 19 heavy (non-hydrogen) atoms. The van der Waals surface area contributed by atoms with Crippen molar-refractivity contribution in [3.63, 3.8) is 0 Å². The second-order valence-corrected chi connectivity index (χ2v) is 6.04. The smallest absolute Gasteiger partial charge is 0.272 e. The number of hydrogen-bond donors (Lipinski definition) is 0. The number of aromatic nitrogens is 1. The summed E-state index contributed by atoms with van der Waals surface area (Å²) < 4.78 is 6.64. The van der Waals surface area contributed by atoms with Crippen LogP contribution in [0.2, 0.25) is 0 Å². The highest BCUT2D eigenvalue weighted by Crippen LogP contribution is 2.28. The van der Waals surface area contributed by atoms with Gasteiger partial charge in [-0.3, -0.25) is 4.79 Å². The van der Waals surface area contributed by atoms with Gasteiger partial charge in [-0.05, 0) is 53.7 Å². The fourth-order valence-corrected chi connectivity index (χ4v) is 3.22. The number of likely N-dealkylation sites (tertiary alicyclic amines) is 1. The van der Waals surface area contributed by atoms with Crippen LogP contribution in [0.4, 0.5) is 0 Å². The van der Waals surface area contributed by atoms with Gasteiger partial charge in [0, 0.05) is 23.8 Å². The molecule has 0 saturated carbocycles. The quantitative estimate of drug-likeness (QED) is 0.839. The summed E-state index contributed by atoms with van der Waals surface area (Å²) in [6.07, 6.45) is 6.19. The summed E-state index contributed by atoms with van der Waals surface area (Å²) >= 11 is 3.34. The van der Waals surface area contributed by atoms with Gasteiger partial charge in [0.25, 0.3) is 5.91 Å². The molecule has 0 aromatic carbocycles. The molecule has 4 nitrogen and oxygen atoms in total. The predicted octanol–water partition coefficient (Wildman–Crippen LogP) is 2.63. The Morgan fingerprint density at radius 1 is 1.37 bits per heavy atom. The Morgan fingerprint density at radius 3 is 2.95 bits per heavy atom. The minimum Gasteiger partial charge on any atom is -0.376 e. The lowest BCUT2D eigenvalue weighted by Gasteiger charge is -2.28. The highest BCUT2D eigenvalue weighted by molar-refractivity contribution is 9.10. The van der Waals surface area contributed by atoms with Crippen molar-refractivity contribution in [3.05, 3.63) is 28.5 Å². The summed E-state index contributed by atoms with van der Waals surface area (Å²) in [5.74, 6) is 0.0329. The van der Waals surface area contributed by atoms with E-state index in [1.807, 2.05) is 11.0 Å². The summed E-state index contributed by atoms with van der Waals surface area (Å²) in [7, 11) is 0. The van der Waals surface area contributed by atoms with Crippen molar-refractivity contribution in [2.24, 2.45) is 0 Å². The molecule has 2 atom stereocenters. The van der Waals surface area contributed by atoms with Crippen LogP contribution in [-0.2, 0) is 4.74 Å². The fraction of sp³-hybridized carbons (Fsp3) is 0.571. The summed E-state index contributed by atoms with van der Waals surface area (Å²) in [5.41, 5.74) is 0.521. The fourth-order valence-electron chi connectivity index (χ4n) is 2.99. The Bertz CT molecular complexity index is 457. The average Bonchev–Trinajstić information content (AvgIpc) is 3.09. The van der Waals surface area contributed by atoms with Gasteiger partial charge in [-0.25, -0.2) is 4.98 Å². The molecule has 0 aliphatic carbocycles. The van der Waals surface area contributed by atoms with Crippen LogP contribution in [0, 0.1) is 0 Å². The summed E-state index contributed by atoms with van der Waals surface area (Å²) in [4.78, 5) is 18.7. The molecule has 1 aromatic rings. The summed E-state index contributed by atoms with van der Waals surface area (Å²) in [6, 6.07) is 3.87. The molecule has 0 bridgehead atoms. The zero-order chi connectivity index (χ0) is 13.2. The van der Waals surface area contributed by atoms with E-state index in [1.54, 1.807) is 12.3 Å². The zero-order valence-electron chi connectivity index (χ0n) is 10.7. The molecular formula is C14H17BrN2O2. The molecular weight excluding hydrogens is 308 g/mol. The highest BCUT2D eigenvalue weighted by atomic mass is 79.9. The Hall–Kier alpha value is -0.940.